The number of nitrogens with zero attached hydrogens (tertiary/aromatic N) is 2. The Labute approximate surface area is 134 Å². The van der Waals surface area contributed by atoms with Crippen LogP contribution in [0.1, 0.15) is 21.5 Å². The Morgan fingerprint density at radius 1 is 1.39 bits per heavy atom. The number of benzene rings is 1. The summed E-state index contributed by atoms with van der Waals surface area (Å²) in [5, 5.41) is 9.06. The van der Waals surface area contributed by atoms with Crippen molar-refractivity contribution in [1.82, 2.24) is 4.98 Å². The van der Waals surface area contributed by atoms with Crippen LogP contribution >= 0.6 is 0 Å². The average Bonchev–Trinajstić information content (AvgIpc) is 2.56. The summed E-state index contributed by atoms with van der Waals surface area (Å²) in [7, 11) is 1.68. The fraction of sp³-hybridized carbons (Fsp3) is 0.294. The minimum absolute atomic E-state index is 0.130. The molecule has 6 heteroatoms. The van der Waals surface area contributed by atoms with Gasteiger partial charge >= 0.3 is 5.97 Å². The zero-order valence-corrected chi connectivity index (χ0v) is 12.9. The number of aromatic nitrogens is 1. The summed E-state index contributed by atoms with van der Waals surface area (Å²) in [6.07, 6.45) is 1.36. The predicted molar refractivity (Wildman–Crippen MR) is 84.9 cm³/mol. The van der Waals surface area contributed by atoms with Crippen molar-refractivity contribution in [2.75, 3.05) is 25.2 Å². The highest BCUT2D eigenvalue weighted by atomic mass is 16.5. The molecule has 0 atom stereocenters. The number of rotatable bonds is 5. The number of carboxylic acid groups (broad SMARTS) is 1. The lowest BCUT2D eigenvalue weighted by Gasteiger charge is -2.30. The van der Waals surface area contributed by atoms with Gasteiger partial charge in [-0.15, -0.1) is 0 Å². The second kappa shape index (κ2) is 6.66. The Hall–Kier alpha value is -2.60. The Bertz CT molecular complexity index is 717. The Morgan fingerprint density at radius 2 is 2.17 bits per heavy atom. The minimum atomic E-state index is -1.01. The van der Waals surface area contributed by atoms with E-state index in [0.717, 1.165) is 11.1 Å². The summed E-state index contributed by atoms with van der Waals surface area (Å²) in [5.74, 6) is 0.181. The third kappa shape index (κ3) is 3.27. The van der Waals surface area contributed by atoms with Gasteiger partial charge in [-0.2, -0.15) is 0 Å². The molecule has 6 nitrogen and oxygen atoms in total. The molecule has 3 rings (SSSR count). The summed E-state index contributed by atoms with van der Waals surface area (Å²) >= 11 is 0. The van der Waals surface area contributed by atoms with Gasteiger partial charge in [0, 0.05) is 25.9 Å². The number of aromatic carboxylic acids is 1. The summed E-state index contributed by atoms with van der Waals surface area (Å²) in [4.78, 5) is 17.4. The van der Waals surface area contributed by atoms with E-state index in [1.165, 1.54) is 12.3 Å². The number of ether oxygens (including phenoxy) is 2. The molecule has 0 saturated heterocycles. The van der Waals surface area contributed by atoms with E-state index in [4.69, 9.17) is 14.6 Å². The van der Waals surface area contributed by atoms with Crippen LogP contribution in [0.4, 0.5) is 5.82 Å². The molecule has 1 aliphatic heterocycles. The zero-order valence-electron chi connectivity index (χ0n) is 12.9. The van der Waals surface area contributed by atoms with Crippen LogP contribution in [0.3, 0.4) is 0 Å². The smallest absolute Gasteiger partial charge is 0.337 e. The molecule has 23 heavy (non-hydrogen) atoms. The molecule has 1 aromatic heterocycles. The Kier molecular flexibility index (Phi) is 4.43. The van der Waals surface area contributed by atoms with Gasteiger partial charge in [0.25, 0.3) is 0 Å². The van der Waals surface area contributed by atoms with Crippen molar-refractivity contribution in [2.45, 2.75) is 13.2 Å². The van der Waals surface area contributed by atoms with Gasteiger partial charge in [-0.1, -0.05) is 24.3 Å². The molecule has 0 aliphatic carbocycles. The number of fused-ring (bicyclic) bond motifs is 1. The maximum atomic E-state index is 11.1. The van der Waals surface area contributed by atoms with E-state index in [-0.39, 0.29) is 5.56 Å². The van der Waals surface area contributed by atoms with E-state index < -0.39 is 5.97 Å². The first-order valence-corrected chi connectivity index (χ1v) is 7.36. The molecule has 1 aliphatic rings. The second-order valence-electron chi connectivity index (χ2n) is 5.32. The molecule has 0 fully saturated rings. The van der Waals surface area contributed by atoms with Crippen molar-refractivity contribution in [3.05, 3.63) is 53.2 Å². The standard InChI is InChI=1S/C17H18N2O4/c1-22-11-13-5-3-2-4-12(13)10-19-6-7-23-15-8-14(17(20)21)9-18-16(15)19/h2-5,8-9H,6-7,10-11H2,1H3,(H,20,21). The van der Waals surface area contributed by atoms with E-state index >= 15 is 0 Å². The SMILES string of the molecule is COCc1ccccc1CN1CCOc2cc(C(=O)O)cnc21. The van der Waals surface area contributed by atoms with Crippen LogP contribution in [-0.4, -0.2) is 36.3 Å². The first-order valence-electron chi connectivity index (χ1n) is 7.36. The number of anilines is 1. The first kappa shape index (κ1) is 15.3. The Balaban J connectivity index is 1.88. The lowest BCUT2D eigenvalue weighted by molar-refractivity contribution is 0.0696. The van der Waals surface area contributed by atoms with E-state index in [1.54, 1.807) is 7.11 Å². The van der Waals surface area contributed by atoms with Gasteiger partial charge in [-0.25, -0.2) is 9.78 Å². The van der Waals surface area contributed by atoms with Gasteiger partial charge in [0.2, 0.25) is 0 Å². The fourth-order valence-corrected chi connectivity index (χ4v) is 2.64. The molecule has 0 bridgehead atoms. The largest absolute Gasteiger partial charge is 0.488 e. The highest BCUT2D eigenvalue weighted by molar-refractivity contribution is 5.88. The van der Waals surface area contributed by atoms with Crippen LogP contribution in [-0.2, 0) is 17.9 Å². The van der Waals surface area contributed by atoms with E-state index in [2.05, 4.69) is 16.0 Å². The average molecular weight is 314 g/mol. The van der Waals surface area contributed by atoms with Crippen LogP contribution < -0.4 is 9.64 Å². The number of pyridine rings is 1. The van der Waals surface area contributed by atoms with Crippen molar-refractivity contribution in [1.29, 1.82) is 0 Å². The predicted octanol–water partition coefficient (Wildman–Crippen LogP) is 2.33. The zero-order chi connectivity index (χ0) is 16.2. The molecule has 0 amide bonds. The lowest BCUT2D eigenvalue weighted by Crippen LogP contribution is -2.33. The maximum Gasteiger partial charge on any atom is 0.337 e. The van der Waals surface area contributed by atoms with Crippen molar-refractivity contribution in [2.24, 2.45) is 0 Å². The molecule has 2 heterocycles. The number of hydrogen-bond donors (Lipinski definition) is 1. The third-order valence-electron chi connectivity index (χ3n) is 3.78. The molecular weight excluding hydrogens is 296 g/mol. The molecule has 2 aromatic rings. The van der Waals surface area contributed by atoms with Gasteiger partial charge < -0.3 is 19.5 Å². The number of carbonyl (C=O) groups is 1. The van der Waals surface area contributed by atoms with Crippen LogP contribution in [0.15, 0.2) is 36.5 Å². The molecule has 1 aromatic carbocycles. The van der Waals surface area contributed by atoms with Gasteiger partial charge in [-0.05, 0) is 11.1 Å². The van der Waals surface area contributed by atoms with E-state index in [9.17, 15) is 4.79 Å². The topological polar surface area (TPSA) is 71.9 Å². The van der Waals surface area contributed by atoms with Crippen molar-refractivity contribution < 1.29 is 19.4 Å². The summed E-state index contributed by atoms with van der Waals surface area (Å²) < 4.78 is 10.8. The molecule has 0 spiro atoms. The number of carboxylic acids is 1. The first-order chi connectivity index (χ1) is 11.2. The van der Waals surface area contributed by atoms with Gasteiger partial charge in [-0.3, -0.25) is 0 Å². The molecule has 0 saturated carbocycles. The van der Waals surface area contributed by atoms with Gasteiger partial charge in [0.05, 0.1) is 18.7 Å². The van der Waals surface area contributed by atoms with Crippen molar-refractivity contribution in [3.63, 3.8) is 0 Å². The maximum absolute atomic E-state index is 11.1. The van der Waals surface area contributed by atoms with Gasteiger partial charge in [0.1, 0.15) is 6.61 Å². The normalized spacial score (nSPS) is 13.3. The highest BCUT2D eigenvalue weighted by Gasteiger charge is 2.22. The fourth-order valence-electron chi connectivity index (χ4n) is 2.64. The lowest BCUT2D eigenvalue weighted by atomic mass is 10.1. The van der Waals surface area contributed by atoms with Crippen LogP contribution in [0.2, 0.25) is 0 Å². The van der Waals surface area contributed by atoms with Crippen molar-refractivity contribution >= 4 is 11.8 Å². The monoisotopic (exact) mass is 314 g/mol. The van der Waals surface area contributed by atoms with E-state index in [1.807, 2.05) is 18.2 Å². The summed E-state index contributed by atoms with van der Waals surface area (Å²) in [6, 6.07) is 9.62. The van der Waals surface area contributed by atoms with E-state index in [0.29, 0.717) is 37.9 Å². The van der Waals surface area contributed by atoms with Crippen molar-refractivity contribution in [3.8, 4) is 5.75 Å². The molecular formula is C17H18N2O4. The highest BCUT2D eigenvalue weighted by Crippen LogP contribution is 2.31. The Morgan fingerprint density at radius 3 is 2.91 bits per heavy atom. The molecule has 0 radical (unpaired) electrons. The summed E-state index contributed by atoms with van der Waals surface area (Å²) in [5.41, 5.74) is 2.42. The molecule has 1 N–H and O–H groups in total. The second-order valence-corrected chi connectivity index (χ2v) is 5.32. The van der Waals surface area contributed by atoms with Gasteiger partial charge in [0.15, 0.2) is 11.6 Å². The minimum Gasteiger partial charge on any atom is -0.488 e. The van der Waals surface area contributed by atoms with Crippen LogP contribution in [0.5, 0.6) is 5.75 Å². The van der Waals surface area contributed by atoms with Crippen LogP contribution in [0, 0.1) is 0 Å². The molecule has 120 valence electrons. The number of hydrogen-bond acceptors (Lipinski definition) is 5. The number of methoxy groups -OCH3 is 1. The quantitative estimate of drug-likeness (QED) is 0.913. The van der Waals surface area contributed by atoms with Crippen LogP contribution in [0.25, 0.3) is 0 Å². The summed E-state index contributed by atoms with van der Waals surface area (Å²) in [6.45, 7) is 2.44. The molecule has 0 unspecified atom stereocenters. The third-order valence-corrected chi connectivity index (χ3v) is 3.78.